The molecule has 1 aliphatic heterocycles. The van der Waals surface area contributed by atoms with E-state index in [1.54, 1.807) is 54.6 Å². The number of allylic oxidation sites excluding steroid dienone is 1. The third-order valence-corrected chi connectivity index (χ3v) is 6.31. The van der Waals surface area contributed by atoms with E-state index < -0.39 is 17.8 Å². The van der Waals surface area contributed by atoms with Crippen molar-refractivity contribution in [1.82, 2.24) is 5.32 Å². The molecule has 7 nitrogen and oxygen atoms in total. The second-order valence-electron chi connectivity index (χ2n) is 8.05. The molecule has 1 N–H and O–H groups in total. The fraction of sp³-hybridized carbons (Fsp3) is 0.107. The van der Waals surface area contributed by atoms with Gasteiger partial charge in [0.05, 0.1) is 12.8 Å². The normalized spacial score (nSPS) is 14.5. The molecule has 3 aromatic rings. The maximum Gasteiger partial charge on any atom is 0.335 e. The number of anilines is 1. The number of amides is 4. The van der Waals surface area contributed by atoms with Gasteiger partial charge in [0.1, 0.15) is 12.2 Å². The van der Waals surface area contributed by atoms with Crippen molar-refractivity contribution in [1.29, 1.82) is 0 Å². The molecule has 1 saturated heterocycles. The summed E-state index contributed by atoms with van der Waals surface area (Å²) < 4.78 is 12.4. The van der Waals surface area contributed by atoms with Crippen LogP contribution in [0, 0.1) is 0 Å². The molecule has 4 amide bonds. The van der Waals surface area contributed by atoms with Gasteiger partial charge in [-0.05, 0) is 72.2 Å². The van der Waals surface area contributed by atoms with Gasteiger partial charge in [0.25, 0.3) is 11.8 Å². The number of rotatable bonds is 8. The van der Waals surface area contributed by atoms with E-state index in [1.807, 2.05) is 12.1 Å². The van der Waals surface area contributed by atoms with Gasteiger partial charge in [0.2, 0.25) is 0 Å². The zero-order chi connectivity index (χ0) is 26.5. The molecule has 9 heteroatoms. The maximum atomic E-state index is 13.2. The van der Waals surface area contributed by atoms with Gasteiger partial charge < -0.3 is 9.47 Å². The lowest BCUT2D eigenvalue weighted by molar-refractivity contribution is -0.122. The first kappa shape index (κ1) is 26.2. The van der Waals surface area contributed by atoms with Gasteiger partial charge in [0.15, 0.2) is 11.5 Å². The van der Waals surface area contributed by atoms with Crippen LogP contribution in [0.3, 0.4) is 0 Å². The van der Waals surface area contributed by atoms with Crippen molar-refractivity contribution < 1.29 is 23.9 Å². The van der Waals surface area contributed by atoms with Gasteiger partial charge in [-0.25, -0.2) is 9.69 Å². The first-order valence-electron chi connectivity index (χ1n) is 11.2. The average Bonchev–Trinajstić information content (AvgIpc) is 2.88. The van der Waals surface area contributed by atoms with Crippen molar-refractivity contribution in [3.63, 3.8) is 0 Å². The van der Waals surface area contributed by atoms with Crippen LogP contribution in [-0.2, 0) is 22.6 Å². The Morgan fingerprint density at radius 1 is 1.05 bits per heavy atom. The maximum absolute atomic E-state index is 13.2. The van der Waals surface area contributed by atoms with Gasteiger partial charge in [-0.3, -0.25) is 14.9 Å². The molecule has 4 rings (SSSR count). The highest BCUT2D eigenvalue weighted by atomic mass is 79.9. The Labute approximate surface area is 227 Å². The number of ether oxygens (including phenoxy) is 2. The second kappa shape index (κ2) is 11.5. The third-order valence-electron chi connectivity index (χ3n) is 5.53. The number of methoxy groups -OCH3 is 1. The molecule has 0 atom stereocenters. The summed E-state index contributed by atoms with van der Waals surface area (Å²) in [7, 11) is 1.51. The number of urea groups is 1. The largest absolute Gasteiger partial charge is 0.493 e. The lowest BCUT2D eigenvalue weighted by atomic mass is 10.0. The fourth-order valence-electron chi connectivity index (χ4n) is 3.77. The molecule has 188 valence electrons. The van der Waals surface area contributed by atoms with Crippen molar-refractivity contribution in [2.45, 2.75) is 13.0 Å². The van der Waals surface area contributed by atoms with Gasteiger partial charge in [-0.1, -0.05) is 45.7 Å². The summed E-state index contributed by atoms with van der Waals surface area (Å²) in [6.07, 6.45) is 3.59. The van der Waals surface area contributed by atoms with Crippen molar-refractivity contribution in [2.24, 2.45) is 0 Å². The van der Waals surface area contributed by atoms with Crippen LogP contribution >= 0.6 is 27.5 Å². The molecule has 0 aliphatic carbocycles. The van der Waals surface area contributed by atoms with Crippen molar-refractivity contribution in [2.75, 3.05) is 12.0 Å². The molecule has 1 fully saturated rings. The number of hydrogen-bond acceptors (Lipinski definition) is 5. The summed E-state index contributed by atoms with van der Waals surface area (Å²) in [6.45, 7) is 4.10. The first-order valence-corrected chi connectivity index (χ1v) is 12.3. The Kier molecular flexibility index (Phi) is 8.11. The van der Waals surface area contributed by atoms with Crippen LogP contribution in [0.5, 0.6) is 11.5 Å². The molecule has 1 heterocycles. The first-order chi connectivity index (χ1) is 17.8. The Morgan fingerprint density at radius 3 is 2.41 bits per heavy atom. The summed E-state index contributed by atoms with van der Waals surface area (Å²) in [5.74, 6) is -0.575. The molecular weight excluding hydrogens is 560 g/mol. The minimum absolute atomic E-state index is 0.191. The SMILES string of the molecule is C=CCc1cc(/C=C2\C(=O)NC(=O)N(c3ccc(Br)cc3)C2=O)cc(OC)c1OCc1ccc(Cl)cc1. The molecule has 0 spiro atoms. The van der Waals surface area contributed by atoms with Gasteiger partial charge in [-0.2, -0.15) is 0 Å². The van der Waals surface area contributed by atoms with Crippen molar-refractivity contribution >= 4 is 57.1 Å². The number of benzene rings is 3. The summed E-state index contributed by atoms with van der Waals surface area (Å²) in [4.78, 5) is 39.3. The molecule has 0 saturated carbocycles. The van der Waals surface area contributed by atoms with E-state index in [0.29, 0.717) is 34.2 Å². The van der Waals surface area contributed by atoms with Crippen LogP contribution in [0.15, 0.2) is 83.4 Å². The van der Waals surface area contributed by atoms with Gasteiger partial charge >= 0.3 is 6.03 Å². The van der Waals surface area contributed by atoms with E-state index in [9.17, 15) is 14.4 Å². The number of carbonyl (C=O) groups excluding carboxylic acids is 3. The lowest BCUT2D eigenvalue weighted by Gasteiger charge is -2.26. The number of nitrogens with one attached hydrogen (secondary N) is 1. The third kappa shape index (κ3) is 5.93. The number of halogens is 2. The van der Waals surface area contributed by atoms with Crippen LogP contribution < -0.4 is 19.7 Å². The topological polar surface area (TPSA) is 84.9 Å². The van der Waals surface area contributed by atoms with Crippen LogP contribution in [0.2, 0.25) is 5.02 Å². The van der Waals surface area contributed by atoms with E-state index in [0.717, 1.165) is 20.5 Å². The molecule has 37 heavy (non-hydrogen) atoms. The Morgan fingerprint density at radius 2 is 1.76 bits per heavy atom. The monoisotopic (exact) mass is 580 g/mol. The van der Waals surface area contributed by atoms with Crippen LogP contribution in [0.25, 0.3) is 6.08 Å². The molecule has 3 aromatic carbocycles. The van der Waals surface area contributed by atoms with Crippen molar-refractivity contribution in [3.8, 4) is 11.5 Å². The Hall–Kier alpha value is -3.88. The van der Waals surface area contributed by atoms with E-state index in [4.69, 9.17) is 21.1 Å². The molecular formula is C28H22BrClN2O5. The lowest BCUT2D eigenvalue weighted by Crippen LogP contribution is -2.54. The van der Waals surface area contributed by atoms with E-state index in [1.165, 1.54) is 13.2 Å². The molecule has 0 bridgehead atoms. The number of imide groups is 2. The smallest absolute Gasteiger partial charge is 0.335 e. The highest BCUT2D eigenvalue weighted by molar-refractivity contribution is 9.10. The number of barbiturate groups is 1. The van der Waals surface area contributed by atoms with Gasteiger partial charge in [-0.15, -0.1) is 6.58 Å². The zero-order valence-electron chi connectivity index (χ0n) is 19.8. The molecule has 1 aliphatic rings. The summed E-state index contributed by atoms with van der Waals surface area (Å²) in [5.41, 5.74) is 2.34. The predicted octanol–water partition coefficient (Wildman–Crippen LogP) is 6.09. The minimum Gasteiger partial charge on any atom is -0.493 e. The van der Waals surface area contributed by atoms with E-state index in [2.05, 4.69) is 27.8 Å². The summed E-state index contributed by atoms with van der Waals surface area (Å²) >= 11 is 9.29. The van der Waals surface area contributed by atoms with Crippen LogP contribution in [0.1, 0.15) is 16.7 Å². The number of hydrogen-bond donors (Lipinski definition) is 1. The standard InChI is InChI=1S/C28H22BrClN2O5/c1-3-4-19-13-18(15-24(36-2)25(19)37-16-17-5-9-21(30)10-6-17)14-23-26(33)31-28(35)32(27(23)34)22-11-7-20(29)8-12-22/h3,5-15H,1,4,16H2,2H3,(H,31,33,35)/b23-14+. The van der Waals surface area contributed by atoms with Crippen LogP contribution in [0.4, 0.5) is 10.5 Å². The molecule has 0 unspecified atom stereocenters. The van der Waals surface area contributed by atoms with Crippen molar-refractivity contribution in [3.05, 3.63) is 105 Å². The number of carbonyl (C=O) groups is 3. The van der Waals surface area contributed by atoms with E-state index >= 15 is 0 Å². The minimum atomic E-state index is -0.814. The predicted molar refractivity (Wildman–Crippen MR) is 146 cm³/mol. The van der Waals surface area contributed by atoms with Crippen LogP contribution in [-0.4, -0.2) is 25.0 Å². The Bertz CT molecular complexity index is 1400. The molecule has 0 aromatic heterocycles. The zero-order valence-corrected chi connectivity index (χ0v) is 22.1. The summed E-state index contributed by atoms with van der Waals surface area (Å²) in [6, 6.07) is 16.5. The highest BCUT2D eigenvalue weighted by Crippen LogP contribution is 2.35. The molecule has 0 radical (unpaired) electrons. The summed E-state index contributed by atoms with van der Waals surface area (Å²) in [5, 5.41) is 2.86. The quantitative estimate of drug-likeness (QED) is 0.198. The highest BCUT2D eigenvalue weighted by Gasteiger charge is 2.36. The average molecular weight is 582 g/mol. The van der Waals surface area contributed by atoms with Gasteiger partial charge in [0, 0.05) is 15.1 Å². The number of nitrogens with zero attached hydrogens (tertiary/aromatic N) is 1. The second-order valence-corrected chi connectivity index (χ2v) is 9.41. The Balaban J connectivity index is 1.69. The fourth-order valence-corrected chi connectivity index (χ4v) is 4.16. The van der Waals surface area contributed by atoms with E-state index in [-0.39, 0.29) is 12.2 Å².